The van der Waals surface area contributed by atoms with E-state index in [0.29, 0.717) is 5.56 Å². The summed E-state index contributed by atoms with van der Waals surface area (Å²) in [7, 11) is -3.92. The average molecular weight is 586 g/mol. The lowest BCUT2D eigenvalue weighted by Gasteiger charge is -2.34. The van der Waals surface area contributed by atoms with Gasteiger partial charge in [0.1, 0.15) is 18.4 Å². The standard InChI is InChI=1S/C30H33ClFN3O4S/c1-40(38,39)35(27-14-8-7-13-26(27)31)21-29(36)34(20-23-15-17-24(32)18-16-23)28(19-22-9-3-2-4-10-22)30(37)33-25-11-5-6-12-25/h2-4,7-10,13-18,25,28H,5-6,11-12,19-21H2,1H3,(H,33,37)/t28-/m1/s1. The first-order valence-corrected chi connectivity index (χ1v) is 15.4. The lowest BCUT2D eigenvalue weighted by Crippen LogP contribution is -2.54. The van der Waals surface area contributed by atoms with Gasteiger partial charge in [0.25, 0.3) is 0 Å². The minimum absolute atomic E-state index is 0.0178. The monoisotopic (exact) mass is 585 g/mol. The fourth-order valence-electron chi connectivity index (χ4n) is 4.96. The third-order valence-electron chi connectivity index (χ3n) is 7.04. The number of nitrogens with zero attached hydrogens (tertiary/aromatic N) is 2. The Morgan fingerprint density at radius 3 is 2.20 bits per heavy atom. The van der Waals surface area contributed by atoms with E-state index in [1.165, 1.54) is 23.1 Å². The number of amides is 2. The van der Waals surface area contributed by atoms with Crippen molar-refractivity contribution in [2.24, 2.45) is 0 Å². The average Bonchev–Trinajstić information content (AvgIpc) is 3.43. The zero-order valence-electron chi connectivity index (χ0n) is 22.3. The van der Waals surface area contributed by atoms with E-state index < -0.39 is 34.3 Å². The molecule has 0 aromatic heterocycles. The van der Waals surface area contributed by atoms with Gasteiger partial charge in [0.2, 0.25) is 21.8 Å². The van der Waals surface area contributed by atoms with Crippen LogP contribution in [0.4, 0.5) is 10.1 Å². The Balaban J connectivity index is 1.72. The molecular formula is C30H33ClFN3O4S. The van der Waals surface area contributed by atoms with Crippen LogP contribution in [0, 0.1) is 5.82 Å². The summed E-state index contributed by atoms with van der Waals surface area (Å²) in [6.07, 6.45) is 5.00. The van der Waals surface area contributed by atoms with Gasteiger partial charge >= 0.3 is 0 Å². The number of rotatable bonds is 11. The van der Waals surface area contributed by atoms with Crippen LogP contribution in [-0.2, 0) is 32.6 Å². The number of carbonyl (C=O) groups is 2. The topological polar surface area (TPSA) is 86.8 Å². The molecule has 3 aromatic rings. The van der Waals surface area contributed by atoms with Crippen LogP contribution in [0.25, 0.3) is 0 Å². The highest BCUT2D eigenvalue weighted by Crippen LogP contribution is 2.28. The Morgan fingerprint density at radius 1 is 0.950 bits per heavy atom. The highest BCUT2D eigenvalue weighted by molar-refractivity contribution is 7.92. The van der Waals surface area contributed by atoms with Gasteiger partial charge in [-0.2, -0.15) is 0 Å². The van der Waals surface area contributed by atoms with Gasteiger partial charge in [0.15, 0.2) is 0 Å². The van der Waals surface area contributed by atoms with Crippen LogP contribution >= 0.6 is 11.6 Å². The molecule has 0 heterocycles. The fourth-order valence-corrected chi connectivity index (χ4v) is 6.11. The number of benzene rings is 3. The van der Waals surface area contributed by atoms with Crippen molar-refractivity contribution in [1.29, 1.82) is 0 Å². The molecule has 3 aromatic carbocycles. The van der Waals surface area contributed by atoms with Crippen molar-refractivity contribution >= 4 is 39.1 Å². The van der Waals surface area contributed by atoms with Crippen molar-refractivity contribution in [3.05, 3.63) is 101 Å². The van der Waals surface area contributed by atoms with Crippen LogP contribution in [0.2, 0.25) is 5.02 Å². The Bertz CT molecular complexity index is 1410. The number of nitrogens with one attached hydrogen (secondary N) is 1. The van der Waals surface area contributed by atoms with E-state index in [1.54, 1.807) is 30.3 Å². The van der Waals surface area contributed by atoms with Crippen molar-refractivity contribution in [3.8, 4) is 0 Å². The number of hydrogen-bond acceptors (Lipinski definition) is 4. The van der Waals surface area contributed by atoms with E-state index in [0.717, 1.165) is 41.8 Å². The third-order valence-corrected chi connectivity index (χ3v) is 8.49. The molecule has 1 atom stereocenters. The Kier molecular flexibility index (Phi) is 9.81. The van der Waals surface area contributed by atoms with Gasteiger partial charge in [-0.25, -0.2) is 12.8 Å². The minimum Gasteiger partial charge on any atom is -0.352 e. The zero-order chi connectivity index (χ0) is 28.7. The number of halogens is 2. The SMILES string of the molecule is CS(=O)(=O)N(CC(=O)N(Cc1ccc(F)cc1)[C@H](Cc1ccccc1)C(=O)NC1CCCC1)c1ccccc1Cl. The molecule has 0 radical (unpaired) electrons. The highest BCUT2D eigenvalue weighted by atomic mass is 35.5. The van der Waals surface area contributed by atoms with Crippen LogP contribution in [0.1, 0.15) is 36.8 Å². The minimum atomic E-state index is -3.92. The smallest absolute Gasteiger partial charge is 0.244 e. The predicted molar refractivity (Wildman–Crippen MR) is 155 cm³/mol. The number of para-hydroxylation sites is 1. The fraction of sp³-hybridized carbons (Fsp3) is 0.333. The normalized spacial score (nSPS) is 14.5. The quantitative estimate of drug-likeness (QED) is 0.345. The third kappa shape index (κ3) is 7.82. The molecule has 40 heavy (non-hydrogen) atoms. The molecule has 2 amide bonds. The maximum Gasteiger partial charge on any atom is 0.244 e. The van der Waals surface area contributed by atoms with Crippen LogP contribution in [0.5, 0.6) is 0 Å². The molecule has 0 bridgehead atoms. The molecule has 1 aliphatic carbocycles. The molecule has 1 saturated carbocycles. The number of carbonyl (C=O) groups excluding carboxylic acids is 2. The van der Waals surface area contributed by atoms with Crippen molar-refractivity contribution in [3.63, 3.8) is 0 Å². The first-order chi connectivity index (χ1) is 19.1. The first-order valence-electron chi connectivity index (χ1n) is 13.2. The van der Waals surface area contributed by atoms with E-state index >= 15 is 0 Å². The van der Waals surface area contributed by atoms with Crippen LogP contribution in [0.3, 0.4) is 0 Å². The maximum absolute atomic E-state index is 14.1. The second-order valence-corrected chi connectivity index (χ2v) is 12.4. The molecule has 0 unspecified atom stereocenters. The van der Waals surface area contributed by atoms with Crippen LogP contribution in [-0.4, -0.2) is 50.0 Å². The molecule has 212 valence electrons. The summed E-state index contributed by atoms with van der Waals surface area (Å²) in [5.74, 6) is -1.32. The molecule has 10 heteroatoms. The summed E-state index contributed by atoms with van der Waals surface area (Å²) in [5, 5.41) is 3.28. The predicted octanol–water partition coefficient (Wildman–Crippen LogP) is 4.94. The van der Waals surface area contributed by atoms with Gasteiger partial charge in [0, 0.05) is 19.0 Å². The molecule has 4 rings (SSSR count). The lowest BCUT2D eigenvalue weighted by atomic mass is 10.0. The number of sulfonamides is 1. The maximum atomic E-state index is 14.1. The largest absolute Gasteiger partial charge is 0.352 e. The van der Waals surface area contributed by atoms with E-state index in [1.807, 2.05) is 30.3 Å². The Hall–Kier alpha value is -3.43. The van der Waals surface area contributed by atoms with E-state index in [4.69, 9.17) is 11.6 Å². The first kappa shape index (κ1) is 29.6. The van der Waals surface area contributed by atoms with E-state index in [-0.39, 0.29) is 35.6 Å². The Morgan fingerprint density at radius 2 is 1.57 bits per heavy atom. The Labute approximate surface area is 240 Å². The highest BCUT2D eigenvalue weighted by Gasteiger charge is 2.34. The van der Waals surface area contributed by atoms with Crippen molar-refractivity contribution in [1.82, 2.24) is 10.2 Å². The number of hydrogen-bond donors (Lipinski definition) is 1. The van der Waals surface area contributed by atoms with Gasteiger partial charge in [-0.05, 0) is 48.2 Å². The molecule has 1 aliphatic rings. The van der Waals surface area contributed by atoms with Gasteiger partial charge < -0.3 is 10.2 Å². The summed E-state index contributed by atoms with van der Waals surface area (Å²) in [6, 6.07) is 20.5. The number of anilines is 1. The van der Waals surface area contributed by atoms with Crippen LogP contribution in [0.15, 0.2) is 78.9 Å². The summed E-state index contributed by atoms with van der Waals surface area (Å²) in [6.45, 7) is -0.583. The van der Waals surface area contributed by atoms with Crippen LogP contribution < -0.4 is 9.62 Å². The molecular weight excluding hydrogens is 553 g/mol. The molecule has 1 N–H and O–H groups in total. The molecule has 1 fully saturated rings. The molecule has 0 saturated heterocycles. The summed E-state index contributed by atoms with van der Waals surface area (Å²) in [4.78, 5) is 29.2. The van der Waals surface area contributed by atoms with Gasteiger partial charge in [-0.15, -0.1) is 0 Å². The molecule has 7 nitrogen and oxygen atoms in total. The molecule has 0 spiro atoms. The zero-order valence-corrected chi connectivity index (χ0v) is 23.9. The second-order valence-electron chi connectivity index (χ2n) is 10.1. The van der Waals surface area contributed by atoms with Gasteiger partial charge in [-0.1, -0.05) is 79.0 Å². The second kappa shape index (κ2) is 13.3. The summed E-state index contributed by atoms with van der Waals surface area (Å²) in [5.41, 5.74) is 1.61. The van der Waals surface area contributed by atoms with E-state index in [2.05, 4.69) is 5.32 Å². The van der Waals surface area contributed by atoms with Gasteiger partial charge in [0.05, 0.1) is 17.0 Å². The van der Waals surface area contributed by atoms with E-state index in [9.17, 15) is 22.4 Å². The van der Waals surface area contributed by atoms with Crippen molar-refractivity contribution in [2.45, 2.75) is 50.7 Å². The lowest BCUT2D eigenvalue weighted by molar-refractivity contribution is -0.140. The van der Waals surface area contributed by atoms with Crippen molar-refractivity contribution < 1.29 is 22.4 Å². The molecule has 0 aliphatic heterocycles. The van der Waals surface area contributed by atoms with Gasteiger partial charge in [-0.3, -0.25) is 13.9 Å². The summed E-state index contributed by atoms with van der Waals surface area (Å²) < 4.78 is 40.3. The summed E-state index contributed by atoms with van der Waals surface area (Å²) >= 11 is 6.32. The van der Waals surface area contributed by atoms with Crippen molar-refractivity contribution in [2.75, 3.05) is 17.1 Å².